The summed E-state index contributed by atoms with van der Waals surface area (Å²) in [7, 11) is 0. The molecule has 26 heteroatoms. The average Bonchev–Trinajstić information content (AvgIpc) is 3.86. The van der Waals surface area contributed by atoms with Gasteiger partial charge in [-0.25, -0.2) is 14.6 Å². The lowest BCUT2D eigenvalue weighted by Crippen LogP contribution is -2.45. The molecule has 0 aliphatic heterocycles. The maximum absolute atomic E-state index is 12.8. The molecule has 418 valence electrons. The minimum absolute atomic E-state index is 0.119. The third-order valence-corrected chi connectivity index (χ3v) is 10.5. The van der Waals surface area contributed by atoms with Gasteiger partial charge in [0.2, 0.25) is 23.6 Å². The van der Waals surface area contributed by atoms with Gasteiger partial charge in [-0.05, 0) is 62.4 Å². The number of ether oxygens (including phenoxy) is 9. The van der Waals surface area contributed by atoms with Crippen LogP contribution in [0.5, 0.6) is 0 Å². The van der Waals surface area contributed by atoms with Crippen LogP contribution in [0.25, 0.3) is 0 Å². The summed E-state index contributed by atoms with van der Waals surface area (Å²) in [6, 6.07) is 6.58. The highest BCUT2D eigenvalue weighted by atomic mass is 32.2. The molecule has 3 aromatic rings. The highest BCUT2D eigenvalue weighted by Gasteiger charge is 2.21. The molecule has 2 aromatic heterocycles. The quantitative estimate of drug-likeness (QED) is 0.0285. The molecule has 75 heavy (non-hydrogen) atoms. The maximum atomic E-state index is 12.8. The van der Waals surface area contributed by atoms with Crippen LogP contribution in [0.15, 0.2) is 42.9 Å². The molecule has 3 rings (SSSR count). The molecule has 1 aromatic carbocycles. The summed E-state index contributed by atoms with van der Waals surface area (Å²) in [5.41, 5.74) is 8.48. The number of anilines is 1. The van der Waals surface area contributed by atoms with Gasteiger partial charge in [-0.2, -0.15) is 0 Å². The molecule has 0 saturated heterocycles. The number of nitrogens with one attached hydrogen (secondary N) is 4. The van der Waals surface area contributed by atoms with Gasteiger partial charge in [0.25, 0.3) is 0 Å². The van der Waals surface area contributed by atoms with Crippen LogP contribution in [0.3, 0.4) is 0 Å². The number of carbonyl (C=O) groups excluding carboxylic acids is 4. The zero-order valence-corrected chi connectivity index (χ0v) is 43.8. The molecule has 0 fully saturated rings. The monoisotopic (exact) mass is 1080 g/mol. The van der Waals surface area contributed by atoms with Gasteiger partial charge < -0.3 is 74.2 Å². The van der Waals surface area contributed by atoms with Crippen molar-refractivity contribution in [3.8, 4) is 11.8 Å². The minimum Gasteiger partial charge on any atom is -0.772 e. The molecule has 2 atom stereocenters. The third kappa shape index (κ3) is 34.7. The lowest BCUT2D eigenvalue weighted by molar-refractivity contribution is -0.133. The van der Waals surface area contributed by atoms with Crippen molar-refractivity contribution < 1.29 is 70.6 Å². The van der Waals surface area contributed by atoms with Crippen LogP contribution in [-0.2, 0) is 91.7 Å². The van der Waals surface area contributed by atoms with Crippen molar-refractivity contribution in [3.05, 3.63) is 65.5 Å². The molecule has 1 unspecified atom stereocenters. The highest BCUT2D eigenvalue weighted by Crippen LogP contribution is 2.11. The van der Waals surface area contributed by atoms with Crippen molar-refractivity contribution in [2.75, 3.05) is 137 Å². The first-order valence-electron chi connectivity index (χ1n) is 25.0. The van der Waals surface area contributed by atoms with E-state index in [0.29, 0.717) is 161 Å². The zero-order valence-electron chi connectivity index (χ0n) is 43.0. The Labute approximate surface area is 441 Å². The molecule has 2 heterocycles. The molecular formula is C49H75N10O15S-. The van der Waals surface area contributed by atoms with Crippen molar-refractivity contribution in [2.24, 2.45) is 5.73 Å². The van der Waals surface area contributed by atoms with Gasteiger partial charge in [0.15, 0.2) is 0 Å². The van der Waals surface area contributed by atoms with Gasteiger partial charge in [-0.1, -0.05) is 34.8 Å². The molecule has 6 N–H and O–H groups in total. The van der Waals surface area contributed by atoms with Crippen LogP contribution in [0.2, 0.25) is 0 Å². The first-order valence-corrected chi connectivity index (χ1v) is 26.2. The van der Waals surface area contributed by atoms with E-state index in [9.17, 15) is 27.9 Å². The smallest absolute Gasteiger partial charge is 0.246 e. The Balaban J connectivity index is 0.992. The zero-order chi connectivity index (χ0) is 53.8. The number of unbranched alkanes of at least 4 members (excludes halogenated alkanes) is 2. The van der Waals surface area contributed by atoms with Crippen molar-refractivity contribution in [1.29, 1.82) is 0 Å². The van der Waals surface area contributed by atoms with E-state index in [4.69, 9.17) is 48.4 Å². The van der Waals surface area contributed by atoms with Gasteiger partial charge in [0.05, 0.1) is 136 Å². The number of nitrogens with zero attached hydrogens (tertiary/aromatic N) is 5. The first-order chi connectivity index (χ1) is 36.6. The molecule has 25 nitrogen and oxygen atoms in total. The average molecular weight is 1080 g/mol. The number of nitrogens with two attached hydrogens (primary N) is 1. The summed E-state index contributed by atoms with van der Waals surface area (Å²) in [6.07, 6.45) is 7.88. The lowest BCUT2D eigenvalue weighted by atomic mass is 10.1. The summed E-state index contributed by atoms with van der Waals surface area (Å²) < 4.78 is 72.4. The van der Waals surface area contributed by atoms with E-state index < -0.39 is 28.9 Å². The van der Waals surface area contributed by atoms with Crippen molar-refractivity contribution >= 4 is 40.4 Å². The summed E-state index contributed by atoms with van der Waals surface area (Å²) in [6.45, 7) is 9.29. The Hall–Kier alpha value is -5.41. The second kappa shape index (κ2) is 42.8. The van der Waals surface area contributed by atoms with E-state index in [0.717, 1.165) is 12.0 Å². The second-order valence-corrected chi connectivity index (χ2v) is 17.1. The van der Waals surface area contributed by atoms with Crippen molar-refractivity contribution in [2.45, 2.75) is 70.3 Å². The molecule has 0 aliphatic rings. The SMILES string of the molecule is Cc1ccc(NC(=O)[C@H](CCCCN)NC(=O)COCC(=O)NCCOCCOCCOCCOCCOCCOCCOCCOCCn2cc(CNC(=O)CCCC#Cc3cnc(CS(=O)[O-])nc3)nn2)cc1. The summed E-state index contributed by atoms with van der Waals surface area (Å²) in [4.78, 5) is 57.5. The molecule has 0 saturated carbocycles. The number of aryl methyl sites for hydroxylation is 1. The number of carbonyl (C=O) groups is 4. The van der Waals surface area contributed by atoms with E-state index in [1.54, 1.807) is 23.0 Å². The Morgan fingerprint density at radius 1 is 0.707 bits per heavy atom. The molecule has 4 amide bonds. The van der Waals surface area contributed by atoms with E-state index >= 15 is 0 Å². The summed E-state index contributed by atoms with van der Waals surface area (Å²) in [5, 5.41) is 19.1. The van der Waals surface area contributed by atoms with Gasteiger partial charge in [-0.3, -0.25) is 23.4 Å². The van der Waals surface area contributed by atoms with Crippen molar-refractivity contribution in [1.82, 2.24) is 40.9 Å². The van der Waals surface area contributed by atoms with E-state index in [2.05, 4.69) is 53.4 Å². The van der Waals surface area contributed by atoms with E-state index in [1.807, 2.05) is 19.1 Å². The first kappa shape index (κ1) is 63.9. The summed E-state index contributed by atoms with van der Waals surface area (Å²) >= 11 is -2.25. The highest BCUT2D eigenvalue weighted by molar-refractivity contribution is 7.78. The Morgan fingerprint density at radius 2 is 1.27 bits per heavy atom. The Kier molecular flexibility index (Phi) is 36.4. The third-order valence-electron chi connectivity index (χ3n) is 9.96. The van der Waals surface area contributed by atoms with Gasteiger partial charge in [-0.15, -0.1) is 5.10 Å². The second-order valence-electron chi connectivity index (χ2n) is 16.2. The predicted molar refractivity (Wildman–Crippen MR) is 272 cm³/mol. The van der Waals surface area contributed by atoms with Gasteiger partial charge >= 0.3 is 0 Å². The molecule has 0 aliphatic carbocycles. The van der Waals surface area contributed by atoms with Gasteiger partial charge in [0, 0.05) is 37.5 Å². The number of benzene rings is 1. The molecule has 0 bridgehead atoms. The number of aromatic nitrogens is 5. The molecular weight excluding hydrogens is 1000 g/mol. The molecule has 0 spiro atoms. The fourth-order valence-electron chi connectivity index (χ4n) is 6.12. The van der Waals surface area contributed by atoms with Crippen LogP contribution in [0, 0.1) is 18.8 Å². The largest absolute Gasteiger partial charge is 0.772 e. The fraction of sp³-hybridized carbons (Fsp3) is 0.633. The van der Waals surface area contributed by atoms with Crippen molar-refractivity contribution in [3.63, 3.8) is 0 Å². The van der Waals surface area contributed by atoms with Crippen LogP contribution in [0.1, 0.15) is 61.2 Å². The topological polar surface area (TPSA) is 322 Å². The minimum atomic E-state index is -2.25. The normalized spacial score (nSPS) is 11.9. The van der Waals surface area contributed by atoms with E-state index in [-0.39, 0.29) is 56.3 Å². The predicted octanol–water partition coefficient (Wildman–Crippen LogP) is 0.112. The van der Waals surface area contributed by atoms with E-state index in [1.165, 1.54) is 12.4 Å². The molecule has 0 radical (unpaired) electrons. The van der Waals surface area contributed by atoms with Crippen LogP contribution in [0.4, 0.5) is 5.69 Å². The summed E-state index contributed by atoms with van der Waals surface area (Å²) in [5.74, 6) is 4.46. The number of hydrogen-bond acceptors (Lipinski definition) is 20. The van der Waals surface area contributed by atoms with Crippen LogP contribution >= 0.6 is 0 Å². The fourth-order valence-corrected chi connectivity index (χ4v) is 6.48. The Bertz CT molecular complexity index is 2100. The van der Waals surface area contributed by atoms with Crippen LogP contribution in [-0.4, -0.2) is 195 Å². The number of hydrogen-bond donors (Lipinski definition) is 5. The lowest BCUT2D eigenvalue weighted by Gasteiger charge is -2.18. The van der Waals surface area contributed by atoms with Crippen LogP contribution < -0.4 is 27.0 Å². The Morgan fingerprint density at radius 3 is 1.84 bits per heavy atom. The standard InChI is InChI=1S/C49H76N10O15S/c1-40-10-12-42(13-11-40)55-49(63)44(8-5-6-14-50)56-48(62)38-74-37-47(61)51-15-17-66-19-21-68-23-25-70-27-29-72-31-32-73-30-28-71-26-24-69-22-20-67-18-16-59-36-43(57-58-59)35-54-46(60)9-4-2-3-7-41-33-52-45(53-34-41)39-75(64)65/h10-13,33-34,36,44H,2,4-6,8-9,14-32,35,37-39,50H2,1H3,(H,51,61)(H,54,60)(H,55,63)(H,56,62)(H,64,65)/p-1/t44-/m0/s1. The number of rotatable bonds is 45. The number of amides is 4. The van der Waals surface area contributed by atoms with Gasteiger partial charge in [0.1, 0.15) is 30.8 Å². The maximum Gasteiger partial charge on any atom is 0.246 e.